The molecule has 90 valence electrons. The Bertz CT molecular complexity index is 411. The first-order valence-electron chi connectivity index (χ1n) is 5.71. The van der Waals surface area contributed by atoms with Gasteiger partial charge in [-0.15, -0.1) is 0 Å². The van der Waals surface area contributed by atoms with E-state index in [0.717, 1.165) is 10.7 Å². The third-order valence-corrected chi connectivity index (χ3v) is 3.45. The second kappa shape index (κ2) is 5.94. The Morgan fingerprint density at radius 1 is 1.29 bits per heavy atom. The standard InChI is InChI=1S/C14H16O2S/c1-11-7-8-12(9-10-14(11)15)16-17-13-5-3-2-4-6-13/h2-9,11,14-15H,10H2,1H3/t11?,14-/m1/s1. The van der Waals surface area contributed by atoms with Gasteiger partial charge in [-0.3, -0.25) is 0 Å². The lowest BCUT2D eigenvalue weighted by atomic mass is 10.0. The number of allylic oxidation sites excluding steroid dienone is 1. The minimum atomic E-state index is -0.311. The number of benzene rings is 1. The summed E-state index contributed by atoms with van der Waals surface area (Å²) >= 11 is 1.34. The molecule has 0 radical (unpaired) electrons. The molecule has 2 nitrogen and oxygen atoms in total. The molecular formula is C14H16O2S. The SMILES string of the molecule is CC1C=CC(OSc2ccccc2)=CC[C@H]1O. The molecule has 0 spiro atoms. The van der Waals surface area contributed by atoms with Gasteiger partial charge in [-0.25, -0.2) is 0 Å². The van der Waals surface area contributed by atoms with Crippen LogP contribution < -0.4 is 0 Å². The molecule has 0 amide bonds. The molecule has 1 aromatic carbocycles. The van der Waals surface area contributed by atoms with E-state index in [4.69, 9.17) is 4.18 Å². The maximum Gasteiger partial charge on any atom is 0.133 e. The van der Waals surface area contributed by atoms with Gasteiger partial charge in [0.15, 0.2) is 0 Å². The van der Waals surface area contributed by atoms with Crippen molar-refractivity contribution in [2.45, 2.75) is 24.3 Å². The van der Waals surface area contributed by atoms with Gasteiger partial charge in [-0.2, -0.15) is 0 Å². The molecule has 0 heterocycles. The van der Waals surface area contributed by atoms with Crippen LogP contribution in [0.4, 0.5) is 0 Å². The van der Waals surface area contributed by atoms with E-state index >= 15 is 0 Å². The predicted octanol–water partition coefficient (Wildman–Crippen LogP) is 3.55. The van der Waals surface area contributed by atoms with E-state index in [0.29, 0.717) is 6.42 Å². The third kappa shape index (κ3) is 3.65. The van der Waals surface area contributed by atoms with E-state index in [2.05, 4.69) is 0 Å². The fraction of sp³-hybridized carbons (Fsp3) is 0.286. The van der Waals surface area contributed by atoms with Gasteiger partial charge >= 0.3 is 0 Å². The zero-order valence-corrected chi connectivity index (χ0v) is 10.6. The maximum atomic E-state index is 9.70. The quantitative estimate of drug-likeness (QED) is 0.829. The first-order chi connectivity index (χ1) is 8.25. The normalized spacial score (nSPS) is 24.0. The highest BCUT2D eigenvalue weighted by Crippen LogP contribution is 2.25. The lowest BCUT2D eigenvalue weighted by Gasteiger charge is -2.10. The molecule has 0 saturated carbocycles. The van der Waals surface area contributed by atoms with Gasteiger partial charge < -0.3 is 9.29 Å². The zero-order chi connectivity index (χ0) is 12.1. The van der Waals surface area contributed by atoms with E-state index in [9.17, 15) is 5.11 Å². The van der Waals surface area contributed by atoms with Crippen molar-refractivity contribution in [1.29, 1.82) is 0 Å². The molecule has 1 aliphatic carbocycles. The smallest absolute Gasteiger partial charge is 0.133 e. The van der Waals surface area contributed by atoms with Crippen LogP contribution in [0.25, 0.3) is 0 Å². The van der Waals surface area contributed by atoms with Crippen LogP contribution in [0.15, 0.2) is 59.2 Å². The van der Waals surface area contributed by atoms with Crippen LogP contribution in [-0.4, -0.2) is 11.2 Å². The molecule has 0 saturated heterocycles. The molecule has 1 unspecified atom stereocenters. The zero-order valence-electron chi connectivity index (χ0n) is 9.74. The molecule has 0 bridgehead atoms. The van der Waals surface area contributed by atoms with Crippen LogP contribution in [0.2, 0.25) is 0 Å². The largest absolute Gasteiger partial charge is 0.421 e. The van der Waals surface area contributed by atoms with Crippen molar-refractivity contribution in [3.05, 3.63) is 54.3 Å². The minimum absolute atomic E-state index is 0.175. The highest BCUT2D eigenvalue weighted by atomic mass is 32.2. The van der Waals surface area contributed by atoms with Gasteiger partial charge in [-0.1, -0.05) is 31.2 Å². The third-order valence-electron chi connectivity index (χ3n) is 2.71. The number of hydrogen-bond acceptors (Lipinski definition) is 3. The molecule has 0 aliphatic heterocycles. The molecule has 1 aromatic rings. The van der Waals surface area contributed by atoms with Crippen molar-refractivity contribution >= 4 is 12.0 Å². The summed E-state index contributed by atoms with van der Waals surface area (Å²) in [5.74, 6) is 0.983. The monoisotopic (exact) mass is 248 g/mol. The number of aliphatic hydroxyl groups excluding tert-OH is 1. The van der Waals surface area contributed by atoms with Gasteiger partial charge in [0.2, 0.25) is 0 Å². The van der Waals surface area contributed by atoms with E-state index < -0.39 is 0 Å². The molecule has 2 rings (SSSR count). The molecule has 2 atom stereocenters. The van der Waals surface area contributed by atoms with Crippen molar-refractivity contribution < 1.29 is 9.29 Å². The predicted molar refractivity (Wildman–Crippen MR) is 70.4 cm³/mol. The maximum absolute atomic E-state index is 9.70. The fourth-order valence-corrected chi connectivity index (χ4v) is 2.11. The first kappa shape index (κ1) is 12.3. The Balaban J connectivity index is 1.93. The first-order valence-corrected chi connectivity index (χ1v) is 6.46. The highest BCUT2D eigenvalue weighted by Gasteiger charge is 2.13. The second-order valence-corrected chi connectivity index (χ2v) is 4.91. The molecule has 3 heteroatoms. The van der Waals surface area contributed by atoms with Gasteiger partial charge in [-0.05, 0) is 30.7 Å². The van der Waals surface area contributed by atoms with Crippen LogP contribution in [0.3, 0.4) is 0 Å². The van der Waals surface area contributed by atoms with Crippen LogP contribution in [-0.2, 0) is 4.18 Å². The molecule has 0 fully saturated rings. The van der Waals surface area contributed by atoms with Gasteiger partial charge in [0.05, 0.1) is 18.1 Å². The summed E-state index contributed by atoms with van der Waals surface area (Å²) < 4.78 is 5.63. The van der Waals surface area contributed by atoms with E-state index in [-0.39, 0.29) is 12.0 Å². The van der Waals surface area contributed by atoms with Crippen LogP contribution in [0, 0.1) is 5.92 Å². The van der Waals surface area contributed by atoms with Gasteiger partial charge in [0.1, 0.15) is 5.76 Å². The highest BCUT2D eigenvalue weighted by molar-refractivity contribution is 7.94. The summed E-state index contributed by atoms with van der Waals surface area (Å²) in [5.41, 5.74) is 0. The fourth-order valence-electron chi connectivity index (χ4n) is 1.53. The Kier molecular flexibility index (Phi) is 4.29. The topological polar surface area (TPSA) is 29.5 Å². The van der Waals surface area contributed by atoms with Crippen molar-refractivity contribution in [3.63, 3.8) is 0 Å². The van der Waals surface area contributed by atoms with Crippen LogP contribution in [0.1, 0.15) is 13.3 Å². The summed E-state index contributed by atoms with van der Waals surface area (Å²) in [4.78, 5) is 1.07. The second-order valence-electron chi connectivity index (χ2n) is 4.11. The summed E-state index contributed by atoms with van der Waals surface area (Å²) in [6.45, 7) is 2.00. The van der Waals surface area contributed by atoms with E-state index in [1.54, 1.807) is 0 Å². The van der Waals surface area contributed by atoms with Crippen molar-refractivity contribution in [2.24, 2.45) is 5.92 Å². The van der Waals surface area contributed by atoms with Crippen LogP contribution in [0.5, 0.6) is 0 Å². The van der Waals surface area contributed by atoms with Gasteiger partial charge in [0, 0.05) is 10.8 Å². The summed E-state index contributed by atoms with van der Waals surface area (Å²) in [5, 5.41) is 9.70. The Morgan fingerprint density at radius 3 is 2.82 bits per heavy atom. The lowest BCUT2D eigenvalue weighted by Crippen LogP contribution is -2.13. The Morgan fingerprint density at radius 2 is 2.06 bits per heavy atom. The van der Waals surface area contributed by atoms with Crippen molar-refractivity contribution in [3.8, 4) is 0 Å². The lowest BCUT2D eigenvalue weighted by molar-refractivity contribution is 0.141. The molecule has 0 aromatic heterocycles. The summed E-state index contributed by atoms with van der Waals surface area (Å²) in [6.07, 6.45) is 6.17. The summed E-state index contributed by atoms with van der Waals surface area (Å²) in [6, 6.07) is 9.95. The average Bonchev–Trinajstić information content (AvgIpc) is 2.52. The van der Waals surface area contributed by atoms with Gasteiger partial charge in [0.25, 0.3) is 0 Å². The van der Waals surface area contributed by atoms with Crippen molar-refractivity contribution in [2.75, 3.05) is 0 Å². The minimum Gasteiger partial charge on any atom is -0.421 e. The number of rotatable bonds is 3. The molecule has 1 aliphatic rings. The van der Waals surface area contributed by atoms with E-state index in [1.807, 2.05) is 55.5 Å². The molecule has 1 N–H and O–H groups in total. The van der Waals surface area contributed by atoms with Crippen molar-refractivity contribution in [1.82, 2.24) is 0 Å². The van der Waals surface area contributed by atoms with Crippen LogP contribution >= 0.6 is 12.0 Å². The average molecular weight is 248 g/mol. The molecule has 17 heavy (non-hydrogen) atoms. The molecular weight excluding hydrogens is 232 g/mol. The Hall–Kier alpha value is -1.19. The summed E-state index contributed by atoms with van der Waals surface area (Å²) in [7, 11) is 0. The number of hydrogen-bond donors (Lipinski definition) is 1. The van der Waals surface area contributed by atoms with E-state index in [1.165, 1.54) is 12.0 Å². The number of aliphatic hydroxyl groups is 1. The Labute approximate surface area is 106 Å².